The quantitative estimate of drug-likeness (QED) is 0.261. The molecule has 3 amide bonds. The number of halogens is 1. The van der Waals surface area contributed by atoms with E-state index < -0.39 is 0 Å². The van der Waals surface area contributed by atoms with Crippen LogP contribution in [0.25, 0.3) is 0 Å². The van der Waals surface area contributed by atoms with Crippen LogP contribution in [-0.4, -0.2) is 85.0 Å². The number of amides is 3. The standard InChI is InChI=1S/C17H26N6O2S.HI/c1-2-18-16(19-5-6-23-15(24)12-20-17(23)25)22-9-7-21(8-10-22)13-14-4-3-11-26-14;/h3-4,11H,2,5-10,12-13H2,1H3,(H,18,19)(H,20,25);1H. The van der Waals surface area contributed by atoms with Gasteiger partial charge < -0.3 is 15.5 Å². The third-order valence-electron chi connectivity index (χ3n) is 4.49. The van der Waals surface area contributed by atoms with Gasteiger partial charge in [0.1, 0.15) is 0 Å². The molecule has 0 radical (unpaired) electrons. The van der Waals surface area contributed by atoms with Gasteiger partial charge in [-0.2, -0.15) is 0 Å². The minimum absolute atomic E-state index is 0. The first-order chi connectivity index (χ1) is 12.7. The fraction of sp³-hybridized carbons (Fsp3) is 0.588. The number of thiophene rings is 1. The number of hydrogen-bond acceptors (Lipinski definition) is 5. The number of hydrogen-bond donors (Lipinski definition) is 2. The number of nitrogens with one attached hydrogen (secondary N) is 2. The smallest absolute Gasteiger partial charge is 0.324 e. The van der Waals surface area contributed by atoms with E-state index in [9.17, 15) is 9.59 Å². The van der Waals surface area contributed by atoms with E-state index in [1.807, 2.05) is 6.92 Å². The highest BCUT2D eigenvalue weighted by Gasteiger charge is 2.27. The molecular formula is C17H27IN6O2S. The molecule has 2 N–H and O–H groups in total. The monoisotopic (exact) mass is 506 g/mol. The number of carbonyl (C=O) groups is 2. The molecule has 0 atom stereocenters. The molecule has 2 saturated heterocycles. The highest BCUT2D eigenvalue weighted by molar-refractivity contribution is 14.0. The third-order valence-corrected chi connectivity index (χ3v) is 5.35. The molecule has 0 bridgehead atoms. The van der Waals surface area contributed by atoms with Crippen molar-refractivity contribution >= 4 is 53.2 Å². The Morgan fingerprint density at radius 1 is 1.30 bits per heavy atom. The van der Waals surface area contributed by atoms with Crippen LogP contribution >= 0.6 is 35.3 Å². The number of rotatable bonds is 6. The number of piperazine rings is 1. The van der Waals surface area contributed by atoms with E-state index in [4.69, 9.17) is 0 Å². The molecule has 3 heterocycles. The van der Waals surface area contributed by atoms with Crippen molar-refractivity contribution in [1.82, 2.24) is 25.3 Å². The zero-order valence-electron chi connectivity index (χ0n) is 15.5. The maximum atomic E-state index is 11.6. The molecule has 2 aliphatic rings. The highest BCUT2D eigenvalue weighted by atomic mass is 127. The summed E-state index contributed by atoms with van der Waals surface area (Å²) in [6.45, 7) is 8.48. The maximum absolute atomic E-state index is 11.6. The zero-order chi connectivity index (χ0) is 18.4. The van der Waals surface area contributed by atoms with Crippen LogP contribution in [0.15, 0.2) is 22.5 Å². The van der Waals surface area contributed by atoms with Crippen molar-refractivity contribution in [3.05, 3.63) is 22.4 Å². The van der Waals surface area contributed by atoms with Gasteiger partial charge in [-0.1, -0.05) is 6.07 Å². The van der Waals surface area contributed by atoms with Crippen LogP contribution in [0.1, 0.15) is 11.8 Å². The lowest BCUT2D eigenvalue weighted by Crippen LogP contribution is -2.52. The SMILES string of the molecule is CCNC(=NCCN1C(=O)CNC1=O)N1CCN(Cc2cccs2)CC1.I. The molecule has 0 unspecified atom stereocenters. The van der Waals surface area contributed by atoms with Crippen LogP contribution in [0.2, 0.25) is 0 Å². The number of guanidine groups is 1. The second-order valence-corrected chi connectivity index (χ2v) is 7.31. The Morgan fingerprint density at radius 2 is 2.07 bits per heavy atom. The average molecular weight is 506 g/mol. The number of carbonyl (C=O) groups excluding carboxylic acids is 2. The summed E-state index contributed by atoms with van der Waals surface area (Å²) in [7, 11) is 0. The average Bonchev–Trinajstić information content (AvgIpc) is 3.26. The molecule has 0 saturated carbocycles. The van der Waals surface area contributed by atoms with Crippen molar-refractivity contribution in [2.24, 2.45) is 4.99 Å². The Kier molecular flexibility index (Phi) is 8.77. The van der Waals surface area contributed by atoms with E-state index in [1.54, 1.807) is 11.3 Å². The van der Waals surface area contributed by atoms with Gasteiger partial charge in [-0.05, 0) is 18.4 Å². The van der Waals surface area contributed by atoms with Crippen LogP contribution in [-0.2, 0) is 11.3 Å². The van der Waals surface area contributed by atoms with Gasteiger partial charge in [-0.15, -0.1) is 35.3 Å². The van der Waals surface area contributed by atoms with E-state index in [0.29, 0.717) is 13.1 Å². The predicted molar refractivity (Wildman–Crippen MR) is 118 cm³/mol. The van der Waals surface area contributed by atoms with E-state index in [2.05, 4.69) is 42.9 Å². The molecule has 10 heteroatoms. The molecule has 2 aliphatic heterocycles. The van der Waals surface area contributed by atoms with Gasteiger partial charge in [0.05, 0.1) is 19.6 Å². The summed E-state index contributed by atoms with van der Waals surface area (Å²) in [5, 5.41) is 7.96. The van der Waals surface area contributed by atoms with Crippen LogP contribution in [0.4, 0.5) is 4.79 Å². The topological polar surface area (TPSA) is 80.3 Å². The Bertz CT molecular complexity index is 630. The molecule has 2 fully saturated rings. The molecule has 3 rings (SSSR count). The summed E-state index contributed by atoms with van der Waals surface area (Å²) in [5.41, 5.74) is 0. The molecule has 1 aromatic heterocycles. The van der Waals surface area contributed by atoms with Crippen molar-refractivity contribution in [3.8, 4) is 0 Å². The van der Waals surface area contributed by atoms with Gasteiger partial charge in [0.15, 0.2) is 5.96 Å². The Morgan fingerprint density at radius 3 is 2.67 bits per heavy atom. The number of urea groups is 1. The predicted octanol–water partition coefficient (Wildman–Crippen LogP) is 1.00. The van der Waals surface area contributed by atoms with Gasteiger partial charge in [-0.3, -0.25) is 19.6 Å². The lowest BCUT2D eigenvalue weighted by molar-refractivity contribution is -0.124. The molecule has 150 valence electrons. The highest BCUT2D eigenvalue weighted by Crippen LogP contribution is 2.13. The van der Waals surface area contributed by atoms with Crippen molar-refractivity contribution in [3.63, 3.8) is 0 Å². The fourth-order valence-corrected chi connectivity index (χ4v) is 3.85. The summed E-state index contributed by atoms with van der Waals surface area (Å²) in [4.78, 5) is 35.1. The van der Waals surface area contributed by atoms with Crippen molar-refractivity contribution in [2.75, 3.05) is 52.4 Å². The summed E-state index contributed by atoms with van der Waals surface area (Å²) in [6.07, 6.45) is 0. The maximum Gasteiger partial charge on any atom is 0.324 e. The van der Waals surface area contributed by atoms with Crippen LogP contribution in [0, 0.1) is 0 Å². The molecule has 8 nitrogen and oxygen atoms in total. The molecule has 0 spiro atoms. The third kappa shape index (κ3) is 6.04. The first-order valence-corrected chi connectivity index (χ1v) is 9.91. The van der Waals surface area contributed by atoms with E-state index >= 15 is 0 Å². The van der Waals surface area contributed by atoms with E-state index in [-0.39, 0.29) is 42.5 Å². The first-order valence-electron chi connectivity index (χ1n) is 9.03. The Balaban J connectivity index is 0.00000261. The number of aliphatic imine (C=N–C) groups is 1. The summed E-state index contributed by atoms with van der Waals surface area (Å²) < 4.78 is 0. The number of imide groups is 1. The van der Waals surface area contributed by atoms with Crippen molar-refractivity contribution < 1.29 is 9.59 Å². The number of nitrogens with zero attached hydrogens (tertiary/aromatic N) is 4. The van der Waals surface area contributed by atoms with Gasteiger partial charge in [-0.25, -0.2) is 4.79 Å². The molecule has 27 heavy (non-hydrogen) atoms. The van der Waals surface area contributed by atoms with Crippen LogP contribution < -0.4 is 10.6 Å². The van der Waals surface area contributed by atoms with Crippen molar-refractivity contribution in [2.45, 2.75) is 13.5 Å². The summed E-state index contributed by atoms with van der Waals surface area (Å²) in [6, 6.07) is 3.95. The Labute approximate surface area is 181 Å². The molecule has 1 aromatic rings. The zero-order valence-corrected chi connectivity index (χ0v) is 18.7. The molecular weight excluding hydrogens is 479 g/mol. The van der Waals surface area contributed by atoms with Crippen LogP contribution in [0.3, 0.4) is 0 Å². The minimum atomic E-state index is -0.322. The lowest BCUT2D eigenvalue weighted by atomic mass is 10.3. The largest absolute Gasteiger partial charge is 0.357 e. The minimum Gasteiger partial charge on any atom is -0.357 e. The van der Waals surface area contributed by atoms with Gasteiger partial charge in [0.2, 0.25) is 5.91 Å². The lowest BCUT2D eigenvalue weighted by Gasteiger charge is -2.36. The summed E-state index contributed by atoms with van der Waals surface area (Å²) >= 11 is 1.80. The fourth-order valence-electron chi connectivity index (χ4n) is 3.10. The van der Waals surface area contributed by atoms with Gasteiger partial charge in [0.25, 0.3) is 0 Å². The van der Waals surface area contributed by atoms with E-state index in [1.165, 1.54) is 9.78 Å². The molecule has 0 aromatic carbocycles. The van der Waals surface area contributed by atoms with E-state index in [0.717, 1.165) is 45.2 Å². The summed E-state index contributed by atoms with van der Waals surface area (Å²) in [5.74, 6) is 0.674. The van der Waals surface area contributed by atoms with Crippen molar-refractivity contribution in [1.29, 1.82) is 0 Å². The normalized spacial score (nSPS) is 18.5. The second kappa shape index (κ2) is 10.8. The first kappa shape index (κ1) is 21.9. The second-order valence-electron chi connectivity index (χ2n) is 6.28. The van der Waals surface area contributed by atoms with Crippen LogP contribution in [0.5, 0.6) is 0 Å². The Hall–Kier alpha value is -1.40. The van der Waals surface area contributed by atoms with Gasteiger partial charge in [0, 0.05) is 44.1 Å². The molecule has 0 aliphatic carbocycles. The van der Waals surface area contributed by atoms with Gasteiger partial charge >= 0.3 is 6.03 Å².